The maximum absolute atomic E-state index is 14.3. The fourth-order valence-electron chi connectivity index (χ4n) is 8.09. The molecule has 5 nitrogen and oxygen atoms in total. The molecule has 2 bridgehead atoms. The van der Waals surface area contributed by atoms with Gasteiger partial charge >= 0.3 is 0 Å². The number of benzene rings is 1. The molecule has 6 rings (SSSR count). The van der Waals surface area contributed by atoms with E-state index in [1.165, 1.54) is 9.87 Å². The minimum Gasteiger partial charge on any atom is -0.295 e. The van der Waals surface area contributed by atoms with Crippen LogP contribution >= 0.6 is 11.8 Å². The molecule has 3 heterocycles. The van der Waals surface area contributed by atoms with E-state index < -0.39 is 15.4 Å². The van der Waals surface area contributed by atoms with Crippen LogP contribution in [0.5, 0.6) is 0 Å². The van der Waals surface area contributed by atoms with Gasteiger partial charge in [0.1, 0.15) is 0 Å². The van der Waals surface area contributed by atoms with Gasteiger partial charge in [0.2, 0.25) is 15.9 Å². The SMILES string of the molecule is C[C@@H](c1ccccc1)N1C[C@H]2CSC[C@@]2(C(=O)N2[C@@H]3C[C@H]4CC[C@]3(CS2(=O)=O)C4(C)C)C1. The lowest BCUT2D eigenvalue weighted by Crippen LogP contribution is -2.53. The topological polar surface area (TPSA) is 57.7 Å². The average Bonchev–Trinajstić information content (AvgIpc) is 3.47. The highest BCUT2D eigenvalue weighted by Gasteiger charge is 2.74. The number of fused-ring (bicyclic) bond motifs is 2. The van der Waals surface area contributed by atoms with E-state index in [-0.39, 0.29) is 40.5 Å². The summed E-state index contributed by atoms with van der Waals surface area (Å²) < 4.78 is 28.5. The third-order valence-corrected chi connectivity index (χ3v) is 13.5. The van der Waals surface area contributed by atoms with Gasteiger partial charge in [-0.3, -0.25) is 9.69 Å². The van der Waals surface area contributed by atoms with Gasteiger partial charge in [-0.25, -0.2) is 12.7 Å². The summed E-state index contributed by atoms with van der Waals surface area (Å²) in [5.74, 6) is 2.53. The molecular formula is C25H34N2O3S2. The molecule has 6 atom stereocenters. The first-order valence-corrected chi connectivity index (χ1v) is 14.8. The molecule has 2 saturated carbocycles. The Balaban J connectivity index is 1.34. The predicted molar refractivity (Wildman–Crippen MR) is 128 cm³/mol. The van der Waals surface area contributed by atoms with Gasteiger partial charge in [-0.05, 0) is 54.8 Å². The normalized spacial score (nSPS) is 42.2. The zero-order valence-electron chi connectivity index (χ0n) is 19.3. The van der Waals surface area contributed by atoms with Crippen LogP contribution in [0.1, 0.15) is 51.6 Å². The maximum Gasteiger partial charge on any atom is 0.245 e. The Morgan fingerprint density at radius 2 is 1.94 bits per heavy atom. The molecule has 1 amide bonds. The van der Waals surface area contributed by atoms with Crippen LogP contribution in [0.15, 0.2) is 30.3 Å². The molecule has 0 radical (unpaired) electrons. The number of carbonyl (C=O) groups is 1. The molecule has 174 valence electrons. The fourth-order valence-corrected chi connectivity index (χ4v) is 12.3. The van der Waals surface area contributed by atoms with Gasteiger partial charge in [0.15, 0.2) is 0 Å². The molecule has 0 aromatic heterocycles. The van der Waals surface area contributed by atoms with Crippen LogP contribution in [-0.2, 0) is 14.8 Å². The summed E-state index contributed by atoms with van der Waals surface area (Å²) in [5, 5.41) is 0. The Hall–Kier alpha value is -1.05. The first kappa shape index (κ1) is 21.5. The molecule has 5 aliphatic rings. The zero-order valence-corrected chi connectivity index (χ0v) is 20.9. The quantitative estimate of drug-likeness (QED) is 0.667. The van der Waals surface area contributed by atoms with Gasteiger partial charge in [0.05, 0.1) is 17.2 Å². The van der Waals surface area contributed by atoms with Crippen molar-refractivity contribution in [1.29, 1.82) is 0 Å². The van der Waals surface area contributed by atoms with Crippen LogP contribution < -0.4 is 0 Å². The van der Waals surface area contributed by atoms with Crippen molar-refractivity contribution in [2.45, 2.75) is 52.1 Å². The van der Waals surface area contributed by atoms with Crippen molar-refractivity contribution in [2.24, 2.45) is 28.1 Å². The molecule has 1 spiro atoms. The number of carbonyl (C=O) groups excluding carboxylic acids is 1. The highest BCUT2D eigenvalue weighted by molar-refractivity contribution is 7.99. The van der Waals surface area contributed by atoms with E-state index >= 15 is 0 Å². The Morgan fingerprint density at radius 3 is 2.66 bits per heavy atom. The standard InChI is InChI=1S/C25H34N2O3S2/c1-17(18-7-5-4-6-8-18)26-12-20-13-31-15-24(20,14-26)22(28)27-21-11-19-9-10-25(21,23(19,2)3)16-32(27,29)30/h4-8,17,19-21H,9-16H2,1-3H3/t17-,19+,20-,21+,24-,25+/m0/s1. The van der Waals surface area contributed by atoms with Crippen molar-refractivity contribution in [3.05, 3.63) is 35.9 Å². The van der Waals surface area contributed by atoms with Crippen molar-refractivity contribution < 1.29 is 13.2 Å². The monoisotopic (exact) mass is 474 g/mol. The third kappa shape index (κ3) is 2.56. The molecule has 2 aliphatic carbocycles. The van der Waals surface area contributed by atoms with E-state index in [2.05, 4.69) is 49.9 Å². The molecule has 1 aromatic rings. The predicted octanol–water partition coefficient (Wildman–Crippen LogP) is 3.78. The number of thioether (sulfide) groups is 1. The van der Waals surface area contributed by atoms with Crippen LogP contribution in [0.3, 0.4) is 0 Å². The van der Waals surface area contributed by atoms with Crippen molar-refractivity contribution in [1.82, 2.24) is 9.21 Å². The van der Waals surface area contributed by atoms with Gasteiger partial charge in [-0.1, -0.05) is 44.2 Å². The lowest BCUT2D eigenvalue weighted by molar-refractivity contribution is -0.139. The fraction of sp³-hybridized carbons (Fsp3) is 0.720. The number of sulfonamides is 1. The first-order chi connectivity index (χ1) is 15.1. The zero-order chi connectivity index (χ0) is 22.5. The molecule has 32 heavy (non-hydrogen) atoms. The van der Waals surface area contributed by atoms with E-state index in [9.17, 15) is 13.2 Å². The summed E-state index contributed by atoms with van der Waals surface area (Å²) in [5.41, 5.74) is 0.424. The summed E-state index contributed by atoms with van der Waals surface area (Å²) >= 11 is 1.83. The molecule has 3 saturated heterocycles. The lowest BCUT2D eigenvalue weighted by Gasteiger charge is -2.39. The number of hydrogen-bond donors (Lipinski definition) is 0. The Bertz CT molecular complexity index is 1060. The molecule has 3 aliphatic heterocycles. The second-order valence-electron chi connectivity index (χ2n) is 11.6. The number of hydrogen-bond acceptors (Lipinski definition) is 5. The second kappa shape index (κ2) is 6.76. The van der Waals surface area contributed by atoms with E-state index in [0.717, 1.165) is 37.3 Å². The van der Waals surface area contributed by atoms with Crippen molar-refractivity contribution in [3.8, 4) is 0 Å². The van der Waals surface area contributed by atoms with Crippen LogP contribution in [0.4, 0.5) is 0 Å². The minimum absolute atomic E-state index is 0.00913. The number of likely N-dealkylation sites (tertiary alicyclic amines) is 1. The number of rotatable bonds is 3. The van der Waals surface area contributed by atoms with E-state index in [0.29, 0.717) is 12.5 Å². The van der Waals surface area contributed by atoms with E-state index in [1.807, 2.05) is 17.8 Å². The van der Waals surface area contributed by atoms with E-state index in [4.69, 9.17) is 0 Å². The summed E-state index contributed by atoms with van der Waals surface area (Å²) in [6.45, 7) is 8.24. The molecule has 7 heteroatoms. The summed E-state index contributed by atoms with van der Waals surface area (Å²) in [4.78, 5) is 16.7. The van der Waals surface area contributed by atoms with Crippen molar-refractivity contribution in [2.75, 3.05) is 30.3 Å². The number of nitrogens with zero attached hydrogens (tertiary/aromatic N) is 2. The van der Waals surface area contributed by atoms with Crippen LogP contribution in [0.2, 0.25) is 0 Å². The van der Waals surface area contributed by atoms with Gasteiger partial charge in [-0.15, -0.1) is 0 Å². The van der Waals surface area contributed by atoms with Crippen LogP contribution in [-0.4, -0.2) is 59.9 Å². The smallest absolute Gasteiger partial charge is 0.245 e. The molecule has 1 aromatic carbocycles. The Morgan fingerprint density at radius 1 is 1.19 bits per heavy atom. The largest absolute Gasteiger partial charge is 0.295 e. The van der Waals surface area contributed by atoms with Crippen LogP contribution in [0, 0.1) is 28.1 Å². The third-order valence-electron chi connectivity index (χ3n) is 10.3. The van der Waals surface area contributed by atoms with E-state index in [1.54, 1.807) is 0 Å². The second-order valence-corrected chi connectivity index (χ2v) is 14.5. The van der Waals surface area contributed by atoms with Crippen molar-refractivity contribution in [3.63, 3.8) is 0 Å². The Kier molecular flexibility index (Phi) is 4.54. The van der Waals surface area contributed by atoms with Crippen molar-refractivity contribution >= 4 is 27.7 Å². The number of amides is 1. The first-order valence-electron chi connectivity index (χ1n) is 12.1. The summed E-state index contributed by atoms with van der Waals surface area (Å²) in [6.07, 6.45) is 2.91. The lowest BCUT2D eigenvalue weighted by atomic mass is 9.68. The highest BCUT2D eigenvalue weighted by Crippen LogP contribution is 2.70. The summed E-state index contributed by atoms with van der Waals surface area (Å²) in [6, 6.07) is 10.5. The average molecular weight is 475 g/mol. The molecule has 0 unspecified atom stereocenters. The summed E-state index contributed by atoms with van der Waals surface area (Å²) in [7, 11) is -3.58. The van der Waals surface area contributed by atoms with Gasteiger partial charge in [0, 0.05) is 30.3 Å². The Labute approximate surface area is 196 Å². The highest BCUT2D eigenvalue weighted by atomic mass is 32.2. The maximum atomic E-state index is 14.3. The van der Waals surface area contributed by atoms with Gasteiger partial charge < -0.3 is 0 Å². The van der Waals surface area contributed by atoms with Gasteiger partial charge in [0.25, 0.3) is 0 Å². The molecule has 5 fully saturated rings. The minimum atomic E-state index is -3.58. The van der Waals surface area contributed by atoms with Crippen LogP contribution in [0.25, 0.3) is 0 Å². The molecular weight excluding hydrogens is 440 g/mol. The molecule has 0 N–H and O–H groups in total. The van der Waals surface area contributed by atoms with Gasteiger partial charge in [-0.2, -0.15) is 11.8 Å².